The van der Waals surface area contributed by atoms with E-state index in [9.17, 15) is 0 Å². The normalized spacial score (nSPS) is 12.4. The van der Waals surface area contributed by atoms with Gasteiger partial charge in [-0.1, -0.05) is 36.4 Å². The predicted molar refractivity (Wildman–Crippen MR) is 111 cm³/mol. The lowest BCUT2D eigenvalue weighted by atomic mass is 10.1. The molecular formula is C18H25IN4O. The van der Waals surface area contributed by atoms with Crippen LogP contribution in [0.5, 0.6) is 5.75 Å². The fraction of sp³-hybridized carbons (Fsp3) is 0.278. The van der Waals surface area contributed by atoms with Gasteiger partial charge in [0.15, 0.2) is 5.96 Å². The van der Waals surface area contributed by atoms with Gasteiger partial charge < -0.3 is 20.7 Å². The van der Waals surface area contributed by atoms with Crippen LogP contribution in [0.2, 0.25) is 0 Å². The van der Waals surface area contributed by atoms with E-state index in [1.807, 2.05) is 56.6 Å². The molecule has 130 valence electrons. The van der Waals surface area contributed by atoms with E-state index in [4.69, 9.17) is 10.5 Å². The van der Waals surface area contributed by atoms with Crippen molar-refractivity contribution in [3.05, 3.63) is 60.2 Å². The Kier molecular flexibility index (Phi) is 8.56. The van der Waals surface area contributed by atoms with Gasteiger partial charge in [-0.05, 0) is 31.8 Å². The number of benzene rings is 2. The third-order valence-electron chi connectivity index (χ3n) is 3.58. The molecule has 1 unspecified atom stereocenters. The van der Waals surface area contributed by atoms with Crippen LogP contribution in [-0.2, 0) is 0 Å². The zero-order valence-electron chi connectivity index (χ0n) is 14.3. The highest BCUT2D eigenvalue weighted by Crippen LogP contribution is 2.19. The molecule has 0 aliphatic heterocycles. The summed E-state index contributed by atoms with van der Waals surface area (Å²) in [5, 5.41) is 3.09. The number of aliphatic imine (C=N–C) groups is 1. The number of likely N-dealkylation sites (N-methyl/N-ethyl adjacent to an activating group) is 1. The van der Waals surface area contributed by atoms with Crippen LogP contribution in [0, 0.1) is 0 Å². The van der Waals surface area contributed by atoms with Crippen LogP contribution in [0.1, 0.15) is 11.6 Å². The van der Waals surface area contributed by atoms with E-state index in [0.29, 0.717) is 12.5 Å². The third-order valence-corrected chi connectivity index (χ3v) is 3.58. The number of guanidine groups is 1. The van der Waals surface area contributed by atoms with Crippen molar-refractivity contribution < 1.29 is 4.74 Å². The Labute approximate surface area is 160 Å². The van der Waals surface area contributed by atoms with Crippen molar-refractivity contribution in [2.45, 2.75) is 6.04 Å². The van der Waals surface area contributed by atoms with E-state index in [-0.39, 0.29) is 30.0 Å². The van der Waals surface area contributed by atoms with Crippen molar-refractivity contribution in [3.8, 4) is 5.75 Å². The van der Waals surface area contributed by atoms with Crippen LogP contribution in [0.15, 0.2) is 59.6 Å². The molecule has 3 N–H and O–H groups in total. The number of nitrogens with one attached hydrogen (secondary N) is 1. The smallest absolute Gasteiger partial charge is 0.193 e. The molecule has 0 heterocycles. The predicted octanol–water partition coefficient (Wildman–Crippen LogP) is 3.34. The molecule has 6 heteroatoms. The average Bonchev–Trinajstić information content (AvgIpc) is 2.56. The van der Waals surface area contributed by atoms with Gasteiger partial charge >= 0.3 is 0 Å². The van der Waals surface area contributed by atoms with Crippen LogP contribution in [0.25, 0.3) is 0 Å². The molecule has 1 atom stereocenters. The van der Waals surface area contributed by atoms with E-state index >= 15 is 0 Å². The van der Waals surface area contributed by atoms with Gasteiger partial charge in [-0.3, -0.25) is 4.99 Å². The van der Waals surface area contributed by atoms with Gasteiger partial charge in [-0.25, -0.2) is 0 Å². The Hall–Kier alpha value is -1.80. The van der Waals surface area contributed by atoms with E-state index in [1.54, 1.807) is 7.11 Å². The lowest BCUT2D eigenvalue weighted by Gasteiger charge is -2.23. The van der Waals surface area contributed by atoms with Crippen molar-refractivity contribution in [3.63, 3.8) is 0 Å². The Bertz CT molecular complexity index is 646. The van der Waals surface area contributed by atoms with Gasteiger partial charge in [0.2, 0.25) is 0 Å². The Morgan fingerprint density at radius 1 is 1.17 bits per heavy atom. The molecular weight excluding hydrogens is 415 g/mol. The number of anilines is 1. The molecule has 0 aliphatic rings. The van der Waals surface area contributed by atoms with Crippen molar-refractivity contribution >= 4 is 35.6 Å². The number of methoxy groups -OCH3 is 1. The largest absolute Gasteiger partial charge is 0.497 e. The Morgan fingerprint density at radius 3 is 2.50 bits per heavy atom. The number of nitrogens with zero attached hydrogens (tertiary/aromatic N) is 2. The average molecular weight is 440 g/mol. The van der Waals surface area contributed by atoms with Gasteiger partial charge in [0.25, 0.3) is 0 Å². The maximum atomic E-state index is 6.00. The highest BCUT2D eigenvalue weighted by molar-refractivity contribution is 14.0. The number of ether oxygens (including phenoxy) is 1. The minimum absolute atomic E-state index is 0. The maximum Gasteiger partial charge on any atom is 0.193 e. The van der Waals surface area contributed by atoms with E-state index in [0.717, 1.165) is 11.4 Å². The number of hydrogen-bond donors (Lipinski definition) is 2. The first-order valence-electron chi connectivity index (χ1n) is 7.52. The molecule has 0 aromatic heterocycles. The summed E-state index contributed by atoms with van der Waals surface area (Å²) in [5.74, 6) is 1.17. The lowest BCUT2D eigenvalue weighted by molar-refractivity contribution is 0.306. The fourth-order valence-corrected chi connectivity index (χ4v) is 2.32. The number of nitrogens with two attached hydrogens (primary N) is 1. The summed E-state index contributed by atoms with van der Waals surface area (Å²) in [6.07, 6.45) is 0. The molecule has 0 spiro atoms. The molecule has 24 heavy (non-hydrogen) atoms. The summed E-state index contributed by atoms with van der Waals surface area (Å²) in [5.41, 5.74) is 8.07. The summed E-state index contributed by atoms with van der Waals surface area (Å²) < 4.78 is 5.20. The third kappa shape index (κ3) is 6.01. The number of halogens is 1. The highest BCUT2D eigenvalue weighted by Gasteiger charge is 2.13. The molecule has 5 nitrogen and oxygen atoms in total. The van der Waals surface area contributed by atoms with Crippen LogP contribution >= 0.6 is 24.0 Å². The van der Waals surface area contributed by atoms with Crippen molar-refractivity contribution in [2.24, 2.45) is 10.7 Å². The first kappa shape index (κ1) is 20.2. The monoisotopic (exact) mass is 440 g/mol. The SMILES string of the molecule is COc1cccc(NC(N)=NCC(c2ccccc2)N(C)C)c1.I. The second kappa shape index (κ2) is 10.1. The van der Waals surface area contributed by atoms with Crippen molar-refractivity contribution in [1.29, 1.82) is 0 Å². The number of rotatable bonds is 6. The molecule has 0 fully saturated rings. The highest BCUT2D eigenvalue weighted by atomic mass is 127. The summed E-state index contributed by atoms with van der Waals surface area (Å²) in [6.45, 7) is 0.583. The molecule has 2 aromatic carbocycles. The molecule has 0 radical (unpaired) electrons. The van der Waals surface area contributed by atoms with Crippen LogP contribution in [0.3, 0.4) is 0 Å². The van der Waals surface area contributed by atoms with E-state index in [1.165, 1.54) is 5.56 Å². The Balaban J connectivity index is 0.00000288. The summed E-state index contributed by atoms with van der Waals surface area (Å²) in [6, 6.07) is 18.1. The standard InChI is InChI=1S/C18H24N4O.HI/c1-22(2)17(14-8-5-4-6-9-14)13-20-18(19)21-15-10-7-11-16(12-15)23-3;/h4-12,17H,13H2,1-3H3,(H3,19,20,21);1H. The summed E-state index contributed by atoms with van der Waals surface area (Å²) in [7, 11) is 5.72. The molecule has 2 rings (SSSR count). The minimum atomic E-state index is 0. The van der Waals surface area contributed by atoms with Gasteiger partial charge in [0.05, 0.1) is 19.7 Å². The van der Waals surface area contributed by atoms with Crippen molar-refractivity contribution in [2.75, 3.05) is 33.1 Å². The second-order valence-electron chi connectivity index (χ2n) is 5.47. The quantitative estimate of drug-likeness (QED) is 0.411. The maximum absolute atomic E-state index is 6.00. The summed E-state index contributed by atoms with van der Waals surface area (Å²) >= 11 is 0. The van der Waals surface area contributed by atoms with Gasteiger partial charge in [-0.2, -0.15) is 0 Å². The van der Waals surface area contributed by atoms with E-state index < -0.39 is 0 Å². The van der Waals surface area contributed by atoms with Crippen LogP contribution < -0.4 is 15.8 Å². The molecule has 0 aliphatic carbocycles. The minimum Gasteiger partial charge on any atom is -0.497 e. The number of hydrogen-bond acceptors (Lipinski definition) is 3. The first-order chi connectivity index (χ1) is 11.1. The zero-order valence-corrected chi connectivity index (χ0v) is 16.6. The molecule has 0 amide bonds. The topological polar surface area (TPSA) is 62.9 Å². The van der Waals surface area contributed by atoms with Crippen LogP contribution in [0.4, 0.5) is 5.69 Å². The van der Waals surface area contributed by atoms with Crippen LogP contribution in [-0.4, -0.2) is 38.6 Å². The van der Waals surface area contributed by atoms with Gasteiger partial charge in [0.1, 0.15) is 5.75 Å². The zero-order chi connectivity index (χ0) is 16.7. The summed E-state index contributed by atoms with van der Waals surface area (Å²) in [4.78, 5) is 6.61. The molecule has 0 saturated carbocycles. The fourth-order valence-electron chi connectivity index (χ4n) is 2.32. The molecule has 2 aromatic rings. The van der Waals surface area contributed by atoms with E-state index in [2.05, 4.69) is 27.3 Å². The Morgan fingerprint density at radius 2 is 1.88 bits per heavy atom. The van der Waals surface area contributed by atoms with Gasteiger partial charge in [0, 0.05) is 11.8 Å². The lowest BCUT2D eigenvalue weighted by Crippen LogP contribution is -2.27. The first-order valence-corrected chi connectivity index (χ1v) is 7.52. The molecule has 0 saturated heterocycles. The van der Waals surface area contributed by atoms with Crippen molar-refractivity contribution in [1.82, 2.24) is 4.90 Å². The molecule has 0 bridgehead atoms. The second-order valence-corrected chi connectivity index (χ2v) is 5.47. The van der Waals surface area contributed by atoms with Gasteiger partial charge in [-0.15, -0.1) is 24.0 Å².